The molecular weight excluding hydrogens is 565 g/mol. The number of carbonyl (C=O) groups excluding carboxylic acids is 1. The third-order valence-electron chi connectivity index (χ3n) is 7.94. The minimum Gasteiger partial charge on any atom is -0.356 e. The first-order valence-electron chi connectivity index (χ1n) is 13.5. The van der Waals surface area contributed by atoms with Crippen LogP contribution in [0.2, 0.25) is 0 Å². The molecule has 1 atom stereocenters. The number of pyridine rings is 1. The monoisotopic (exact) mass is 594 g/mol. The fourth-order valence-electron chi connectivity index (χ4n) is 5.82. The molecule has 3 fully saturated rings. The summed E-state index contributed by atoms with van der Waals surface area (Å²) in [6.07, 6.45) is 6.70. The van der Waals surface area contributed by atoms with Crippen LogP contribution in [0.25, 0.3) is 11.7 Å². The van der Waals surface area contributed by atoms with E-state index in [1.165, 1.54) is 14.9 Å². The topological polar surface area (TPSA) is 92.1 Å². The summed E-state index contributed by atoms with van der Waals surface area (Å²) < 4.78 is 26.0. The highest BCUT2D eigenvalue weighted by molar-refractivity contribution is 8.26. The van der Waals surface area contributed by atoms with Gasteiger partial charge < -0.3 is 4.90 Å². The zero-order valence-corrected chi connectivity index (χ0v) is 24.6. The number of carbonyl (C=O) groups is 1. The number of aryl methyl sites for hydroxylation is 1. The van der Waals surface area contributed by atoms with E-state index < -0.39 is 15.9 Å². The number of sulfone groups is 1. The van der Waals surface area contributed by atoms with Gasteiger partial charge in [-0.15, -0.1) is 0 Å². The van der Waals surface area contributed by atoms with Crippen LogP contribution in [0.3, 0.4) is 0 Å². The standard InChI is InChI=1S/C29H30N4O4S3/c1-19-7-8-25-30-26(31-12-9-21(10-13-31)15-20-5-3-2-4-6-20)23(27(34)32(25)17-19)16-24-28(35)33(29(38)39-24)22-11-14-40(36,37)18-22/h2-8,16-17,21-22H,9-15,18H2,1H3/b24-16+. The van der Waals surface area contributed by atoms with Crippen LogP contribution in [0.5, 0.6) is 0 Å². The van der Waals surface area contributed by atoms with Crippen LogP contribution in [-0.2, 0) is 21.1 Å². The maximum atomic E-state index is 13.9. The third-order valence-corrected chi connectivity index (χ3v) is 11.0. The van der Waals surface area contributed by atoms with Crippen molar-refractivity contribution in [2.75, 3.05) is 29.5 Å². The fourth-order valence-corrected chi connectivity index (χ4v) is 8.90. The number of thioether (sulfide) groups is 1. The van der Waals surface area contributed by atoms with E-state index in [0.717, 1.165) is 49.7 Å². The maximum Gasteiger partial charge on any atom is 0.267 e. The van der Waals surface area contributed by atoms with E-state index >= 15 is 0 Å². The van der Waals surface area contributed by atoms with Crippen molar-refractivity contribution in [1.29, 1.82) is 0 Å². The van der Waals surface area contributed by atoms with Crippen molar-refractivity contribution >= 4 is 61.6 Å². The molecule has 3 aliphatic heterocycles. The van der Waals surface area contributed by atoms with Crippen LogP contribution in [0, 0.1) is 12.8 Å². The predicted molar refractivity (Wildman–Crippen MR) is 163 cm³/mol. The molecule has 0 spiro atoms. The lowest BCUT2D eigenvalue weighted by atomic mass is 9.90. The molecular formula is C29H30N4O4S3. The van der Waals surface area contributed by atoms with Gasteiger partial charge in [0.25, 0.3) is 11.5 Å². The van der Waals surface area contributed by atoms with Crippen LogP contribution in [0.15, 0.2) is 58.4 Å². The number of hydrogen-bond donors (Lipinski definition) is 0. The summed E-state index contributed by atoms with van der Waals surface area (Å²) in [5.74, 6) is 0.729. The van der Waals surface area contributed by atoms with Crippen LogP contribution < -0.4 is 10.5 Å². The van der Waals surface area contributed by atoms with Gasteiger partial charge >= 0.3 is 0 Å². The van der Waals surface area contributed by atoms with E-state index in [-0.39, 0.29) is 23.0 Å². The molecule has 1 unspecified atom stereocenters. The van der Waals surface area contributed by atoms with Gasteiger partial charge in [-0.2, -0.15) is 0 Å². The highest BCUT2D eigenvalue weighted by Crippen LogP contribution is 2.37. The minimum absolute atomic E-state index is 0.0491. The van der Waals surface area contributed by atoms with Crippen LogP contribution >= 0.6 is 24.0 Å². The molecule has 3 aromatic rings. The Morgan fingerprint density at radius 2 is 1.82 bits per heavy atom. The molecule has 0 aliphatic carbocycles. The van der Waals surface area contributed by atoms with Gasteiger partial charge in [-0.3, -0.25) is 18.9 Å². The zero-order valence-electron chi connectivity index (χ0n) is 22.2. The number of amides is 1. The predicted octanol–water partition coefficient (Wildman–Crippen LogP) is 3.85. The second kappa shape index (κ2) is 10.8. The van der Waals surface area contributed by atoms with Crippen molar-refractivity contribution in [3.63, 3.8) is 0 Å². The number of thiocarbonyl (C=S) groups is 1. The SMILES string of the molecule is Cc1ccc2nc(N3CCC(Cc4ccccc4)CC3)c(/C=C3/SC(=S)N(C4CCS(=O)(=O)C4)C3=O)c(=O)n2c1. The van der Waals surface area contributed by atoms with Gasteiger partial charge in [0.1, 0.15) is 15.8 Å². The molecule has 1 amide bonds. The van der Waals surface area contributed by atoms with Crippen molar-refractivity contribution < 1.29 is 13.2 Å². The van der Waals surface area contributed by atoms with E-state index in [2.05, 4.69) is 29.2 Å². The Balaban J connectivity index is 1.33. The number of benzene rings is 1. The van der Waals surface area contributed by atoms with Gasteiger partial charge in [-0.1, -0.05) is 60.4 Å². The smallest absolute Gasteiger partial charge is 0.267 e. The van der Waals surface area contributed by atoms with E-state index in [9.17, 15) is 18.0 Å². The van der Waals surface area contributed by atoms with Gasteiger partial charge in [0.15, 0.2) is 9.84 Å². The van der Waals surface area contributed by atoms with E-state index in [4.69, 9.17) is 17.2 Å². The van der Waals surface area contributed by atoms with Gasteiger partial charge in [0.2, 0.25) is 0 Å². The highest BCUT2D eigenvalue weighted by atomic mass is 32.2. The van der Waals surface area contributed by atoms with Crippen LogP contribution in [0.1, 0.15) is 36.0 Å². The van der Waals surface area contributed by atoms with Gasteiger partial charge in [-0.25, -0.2) is 13.4 Å². The average Bonchev–Trinajstić information content (AvgIpc) is 3.43. The van der Waals surface area contributed by atoms with Crippen molar-refractivity contribution in [3.8, 4) is 0 Å². The average molecular weight is 595 g/mol. The molecule has 11 heteroatoms. The first kappa shape index (κ1) is 27.2. The first-order chi connectivity index (χ1) is 19.2. The summed E-state index contributed by atoms with van der Waals surface area (Å²) in [5, 5.41) is 0. The molecule has 1 aromatic carbocycles. The molecule has 0 radical (unpaired) electrons. The Labute approximate surface area is 243 Å². The number of aromatic nitrogens is 2. The highest BCUT2D eigenvalue weighted by Gasteiger charge is 2.42. The minimum atomic E-state index is -3.19. The summed E-state index contributed by atoms with van der Waals surface area (Å²) in [7, 11) is -3.19. The molecule has 0 N–H and O–H groups in total. The van der Waals surface area contributed by atoms with Crippen molar-refractivity contribution in [3.05, 3.63) is 80.6 Å². The second-order valence-corrected chi connectivity index (χ2v) is 14.7. The number of hydrogen-bond acceptors (Lipinski definition) is 8. The number of anilines is 1. The molecule has 8 nitrogen and oxygen atoms in total. The molecule has 3 saturated heterocycles. The van der Waals surface area contributed by atoms with Crippen molar-refractivity contribution in [2.45, 2.75) is 38.6 Å². The zero-order chi connectivity index (χ0) is 28.0. The number of rotatable bonds is 5. The summed E-state index contributed by atoms with van der Waals surface area (Å²) in [5.41, 5.74) is 2.91. The number of fused-ring (bicyclic) bond motifs is 1. The summed E-state index contributed by atoms with van der Waals surface area (Å²) in [6, 6.07) is 13.8. The number of nitrogens with zero attached hydrogens (tertiary/aromatic N) is 4. The lowest BCUT2D eigenvalue weighted by Gasteiger charge is -2.33. The summed E-state index contributed by atoms with van der Waals surface area (Å²) in [4.78, 5) is 36.1. The molecule has 208 valence electrons. The van der Waals surface area contributed by atoms with Crippen molar-refractivity contribution in [2.24, 2.45) is 5.92 Å². The molecule has 0 bridgehead atoms. The van der Waals surface area contributed by atoms with E-state index in [1.807, 2.05) is 25.1 Å². The Kier molecular flexibility index (Phi) is 7.30. The quantitative estimate of drug-likeness (QED) is 0.325. The van der Waals surface area contributed by atoms with Gasteiger partial charge in [-0.05, 0) is 61.8 Å². The van der Waals surface area contributed by atoms with E-state index in [0.29, 0.717) is 38.6 Å². The normalized spacial score (nSPS) is 22.6. The van der Waals surface area contributed by atoms with Crippen LogP contribution in [0.4, 0.5) is 5.82 Å². The Bertz CT molecular complexity index is 1690. The molecule has 40 heavy (non-hydrogen) atoms. The molecule has 3 aliphatic rings. The summed E-state index contributed by atoms with van der Waals surface area (Å²) >= 11 is 6.61. The Hall–Kier alpha value is -3.02. The van der Waals surface area contributed by atoms with Gasteiger partial charge in [0, 0.05) is 19.3 Å². The molecule has 0 saturated carbocycles. The van der Waals surface area contributed by atoms with Gasteiger partial charge in [0.05, 0.1) is 28.0 Å². The lowest BCUT2D eigenvalue weighted by molar-refractivity contribution is -0.123. The number of piperidine rings is 1. The van der Waals surface area contributed by atoms with Crippen molar-refractivity contribution in [1.82, 2.24) is 14.3 Å². The first-order valence-corrected chi connectivity index (χ1v) is 16.5. The molecule has 5 heterocycles. The second-order valence-electron chi connectivity index (χ2n) is 10.8. The third kappa shape index (κ3) is 5.34. The fraction of sp³-hybridized carbons (Fsp3) is 0.379. The van der Waals surface area contributed by atoms with Crippen LogP contribution in [-0.4, -0.2) is 63.6 Å². The Morgan fingerprint density at radius 1 is 1.07 bits per heavy atom. The largest absolute Gasteiger partial charge is 0.356 e. The lowest BCUT2D eigenvalue weighted by Crippen LogP contribution is -2.39. The molecule has 2 aromatic heterocycles. The molecule has 6 rings (SSSR count). The van der Waals surface area contributed by atoms with E-state index in [1.54, 1.807) is 12.3 Å². The summed E-state index contributed by atoms with van der Waals surface area (Å²) in [6.45, 7) is 3.43. The maximum absolute atomic E-state index is 13.9. The Morgan fingerprint density at radius 3 is 2.52 bits per heavy atom.